The molecule has 5 nitrogen and oxygen atoms in total. The van der Waals surface area contributed by atoms with Gasteiger partial charge in [0.1, 0.15) is 6.54 Å². The summed E-state index contributed by atoms with van der Waals surface area (Å²) in [4.78, 5) is 30.7. The summed E-state index contributed by atoms with van der Waals surface area (Å²) in [6.07, 6.45) is -3.21. The first-order valence-electron chi connectivity index (χ1n) is 8.66. The van der Waals surface area contributed by atoms with Crippen LogP contribution in [-0.2, 0) is 22.2 Å². The fraction of sp³-hybridized carbons (Fsp3) is 0.316. The molecule has 10 heteroatoms. The summed E-state index contributed by atoms with van der Waals surface area (Å²) in [7, 11) is 0. The van der Waals surface area contributed by atoms with Gasteiger partial charge in [-0.2, -0.15) is 13.2 Å². The first-order chi connectivity index (χ1) is 13.5. The Bertz CT molecular complexity index is 998. The number of fused-ring (bicyclic) bond motifs is 1. The fourth-order valence-corrected chi connectivity index (χ4v) is 3.35. The molecule has 1 aromatic carbocycles. The van der Waals surface area contributed by atoms with Crippen LogP contribution in [-0.4, -0.2) is 47.3 Å². The topological polar surface area (TPSA) is 53.5 Å². The van der Waals surface area contributed by atoms with Crippen LogP contribution in [0.2, 0.25) is 0 Å². The zero-order valence-corrected chi connectivity index (χ0v) is 14.8. The van der Waals surface area contributed by atoms with Crippen molar-refractivity contribution in [3.05, 3.63) is 47.8 Å². The van der Waals surface area contributed by atoms with Gasteiger partial charge in [0.15, 0.2) is 0 Å². The molecule has 1 fully saturated rings. The van der Waals surface area contributed by atoms with Gasteiger partial charge in [-0.25, -0.2) is 8.78 Å². The van der Waals surface area contributed by atoms with Gasteiger partial charge in [0, 0.05) is 11.8 Å². The maximum absolute atomic E-state index is 13.0. The van der Waals surface area contributed by atoms with E-state index >= 15 is 0 Å². The molecule has 0 N–H and O–H groups in total. The highest BCUT2D eigenvalue weighted by Gasteiger charge is 2.47. The van der Waals surface area contributed by atoms with Crippen molar-refractivity contribution >= 4 is 17.5 Å². The van der Waals surface area contributed by atoms with E-state index in [9.17, 15) is 31.5 Å². The number of pyridine rings is 1. The van der Waals surface area contributed by atoms with Gasteiger partial charge in [-0.3, -0.25) is 14.6 Å². The van der Waals surface area contributed by atoms with Gasteiger partial charge in [0.2, 0.25) is 11.8 Å². The van der Waals surface area contributed by atoms with E-state index in [1.54, 1.807) is 0 Å². The monoisotopic (exact) mass is 411 g/mol. The first kappa shape index (κ1) is 19.3. The molecule has 0 spiro atoms. The molecule has 0 saturated carbocycles. The zero-order chi connectivity index (χ0) is 21.0. The molecule has 4 rings (SSSR count). The minimum Gasteiger partial charge on any atom is -0.329 e. The molecule has 0 radical (unpaired) electrons. The number of likely N-dealkylation sites (tertiary alicyclic amines) is 1. The second-order valence-electron chi connectivity index (χ2n) is 7.03. The van der Waals surface area contributed by atoms with Gasteiger partial charge in [-0.1, -0.05) is 12.1 Å². The van der Waals surface area contributed by atoms with Gasteiger partial charge in [-0.05, 0) is 23.8 Å². The SMILES string of the molecule is O=C(CN1C(=O)Cc2ncc(-c3cccc(C(F)(F)F)c3)cc21)N1CC(F)(F)C1. The van der Waals surface area contributed by atoms with E-state index in [2.05, 4.69) is 4.98 Å². The van der Waals surface area contributed by atoms with Gasteiger partial charge in [-0.15, -0.1) is 0 Å². The number of rotatable bonds is 3. The summed E-state index contributed by atoms with van der Waals surface area (Å²) in [6.45, 7) is -1.80. The molecule has 29 heavy (non-hydrogen) atoms. The van der Waals surface area contributed by atoms with E-state index in [1.165, 1.54) is 24.4 Å². The molecule has 3 heterocycles. The van der Waals surface area contributed by atoms with Crippen molar-refractivity contribution in [1.29, 1.82) is 0 Å². The Morgan fingerprint density at radius 1 is 1.14 bits per heavy atom. The zero-order valence-electron chi connectivity index (χ0n) is 14.8. The van der Waals surface area contributed by atoms with Crippen LogP contribution in [0.4, 0.5) is 27.6 Å². The third-order valence-corrected chi connectivity index (χ3v) is 4.87. The molecule has 2 aliphatic heterocycles. The number of carbonyl (C=O) groups is 2. The van der Waals surface area contributed by atoms with E-state index in [1.807, 2.05) is 0 Å². The molecule has 0 unspecified atom stereocenters. The largest absolute Gasteiger partial charge is 0.416 e. The van der Waals surface area contributed by atoms with Crippen LogP contribution >= 0.6 is 0 Å². The summed E-state index contributed by atoms with van der Waals surface area (Å²) in [5.41, 5.74) is 0.455. The van der Waals surface area contributed by atoms with Crippen LogP contribution in [0.15, 0.2) is 36.5 Å². The summed E-state index contributed by atoms with van der Waals surface area (Å²) in [5.74, 6) is -3.96. The lowest BCUT2D eigenvalue weighted by molar-refractivity contribution is -0.164. The number of alkyl halides is 5. The molecule has 0 aliphatic carbocycles. The first-order valence-corrected chi connectivity index (χ1v) is 8.66. The molecule has 2 amide bonds. The molecule has 1 saturated heterocycles. The van der Waals surface area contributed by atoms with E-state index in [4.69, 9.17) is 0 Å². The number of benzene rings is 1. The van der Waals surface area contributed by atoms with Crippen molar-refractivity contribution in [2.45, 2.75) is 18.5 Å². The predicted octanol–water partition coefficient (Wildman–Crippen LogP) is 3.13. The Labute approximate surface area is 161 Å². The Hall–Kier alpha value is -3.04. The lowest BCUT2D eigenvalue weighted by atomic mass is 10.0. The number of hydrogen-bond donors (Lipinski definition) is 0. The van der Waals surface area contributed by atoms with E-state index in [-0.39, 0.29) is 12.0 Å². The quantitative estimate of drug-likeness (QED) is 0.730. The molecule has 2 aliphatic rings. The Morgan fingerprint density at radius 2 is 1.86 bits per heavy atom. The average Bonchev–Trinajstić information content (AvgIpc) is 2.93. The van der Waals surface area contributed by atoms with Crippen molar-refractivity contribution in [2.24, 2.45) is 0 Å². The van der Waals surface area contributed by atoms with Crippen molar-refractivity contribution in [3.8, 4) is 11.1 Å². The van der Waals surface area contributed by atoms with E-state index < -0.39 is 49.1 Å². The van der Waals surface area contributed by atoms with Crippen LogP contribution in [0.5, 0.6) is 0 Å². The Balaban J connectivity index is 1.60. The number of amides is 2. The highest BCUT2D eigenvalue weighted by molar-refractivity contribution is 6.05. The second-order valence-corrected chi connectivity index (χ2v) is 7.03. The number of halogens is 5. The molecular formula is C19H14F5N3O2. The number of nitrogens with zero attached hydrogens (tertiary/aromatic N) is 3. The molecule has 2 aromatic rings. The average molecular weight is 411 g/mol. The van der Waals surface area contributed by atoms with Gasteiger partial charge in [0.25, 0.3) is 5.92 Å². The van der Waals surface area contributed by atoms with Gasteiger partial charge >= 0.3 is 6.18 Å². The van der Waals surface area contributed by atoms with Crippen molar-refractivity contribution in [1.82, 2.24) is 9.88 Å². The lowest BCUT2D eigenvalue weighted by Crippen LogP contribution is -2.60. The molecular weight excluding hydrogens is 397 g/mol. The normalized spacial score (nSPS) is 17.9. The number of anilines is 1. The minimum absolute atomic E-state index is 0.0678. The summed E-state index contributed by atoms with van der Waals surface area (Å²) in [5, 5.41) is 0. The third-order valence-electron chi connectivity index (χ3n) is 4.87. The van der Waals surface area contributed by atoms with Gasteiger partial charge < -0.3 is 9.80 Å². The van der Waals surface area contributed by atoms with Crippen molar-refractivity contribution in [2.75, 3.05) is 24.5 Å². The molecule has 1 aromatic heterocycles. The summed E-state index contributed by atoms with van der Waals surface area (Å²) in [6, 6.07) is 6.15. The van der Waals surface area contributed by atoms with E-state index in [0.29, 0.717) is 16.9 Å². The predicted molar refractivity (Wildman–Crippen MR) is 92.3 cm³/mol. The lowest BCUT2D eigenvalue weighted by Gasteiger charge is -2.39. The maximum Gasteiger partial charge on any atom is 0.416 e. The maximum atomic E-state index is 13.0. The smallest absolute Gasteiger partial charge is 0.329 e. The third kappa shape index (κ3) is 3.66. The number of carbonyl (C=O) groups excluding carboxylic acids is 2. The fourth-order valence-electron chi connectivity index (χ4n) is 3.35. The van der Waals surface area contributed by atoms with Crippen LogP contribution < -0.4 is 4.90 Å². The molecule has 0 atom stereocenters. The highest BCUT2D eigenvalue weighted by Crippen LogP contribution is 2.35. The number of hydrogen-bond acceptors (Lipinski definition) is 3. The summed E-state index contributed by atoms with van der Waals surface area (Å²) < 4.78 is 64.8. The summed E-state index contributed by atoms with van der Waals surface area (Å²) >= 11 is 0. The van der Waals surface area contributed by atoms with Crippen LogP contribution in [0, 0.1) is 0 Å². The molecule has 152 valence electrons. The van der Waals surface area contributed by atoms with Crippen LogP contribution in [0.25, 0.3) is 11.1 Å². The van der Waals surface area contributed by atoms with Crippen molar-refractivity contribution in [3.63, 3.8) is 0 Å². The highest BCUT2D eigenvalue weighted by atomic mass is 19.4. The van der Waals surface area contributed by atoms with Crippen molar-refractivity contribution < 1.29 is 31.5 Å². The van der Waals surface area contributed by atoms with E-state index in [0.717, 1.165) is 21.9 Å². The van der Waals surface area contributed by atoms with Crippen LogP contribution in [0.1, 0.15) is 11.3 Å². The Morgan fingerprint density at radius 3 is 2.52 bits per heavy atom. The number of aromatic nitrogens is 1. The minimum atomic E-state index is -4.51. The Kier molecular flexibility index (Phi) is 4.32. The molecule has 0 bridgehead atoms. The van der Waals surface area contributed by atoms with Crippen LogP contribution in [0.3, 0.4) is 0 Å². The second kappa shape index (κ2) is 6.50. The standard InChI is InChI=1S/C19H14F5N3O2/c20-18(21)9-26(10-18)17(29)8-27-15-5-12(7-25-14(15)6-16(27)28)11-2-1-3-13(4-11)19(22,23)24/h1-5,7H,6,8-10H2. The van der Waals surface area contributed by atoms with Gasteiger partial charge in [0.05, 0.1) is 36.5 Å².